The Labute approximate surface area is 106 Å². The van der Waals surface area contributed by atoms with Crippen LogP contribution in [0.4, 0.5) is 0 Å². The summed E-state index contributed by atoms with van der Waals surface area (Å²) in [7, 11) is 0. The molecule has 0 bridgehead atoms. The zero-order valence-electron chi connectivity index (χ0n) is 11.2. The van der Waals surface area contributed by atoms with Crippen LogP contribution in [0.3, 0.4) is 0 Å². The average molecular weight is 246 g/mol. The van der Waals surface area contributed by atoms with Gasteiger partial charge in [0.1, 0.15) is 11.6 Å². The number of nitrogens with zero attached hydrogens (tertiary/aromatic N) is 5. The summed E-state index contributed by atoms with van der Waals surface area (Å²) in [5.41, 5.74) is 0.897. The highest BCUT2D eigenvalue weighted by molar-refractivity contribution is 5.20. The second-order valence-electron chi connectivity index (χ2n) is 4.52. The maximum Gasteiger partial charge on any atom is 0.174 e. The van der Waals surface area contributed by atoms with E-state index in [2.05, 4.69) is 39.2 Å². The van der Waals surface area contributed by atoms with E-state index in [1.165, 1.54) is 0 Å². The molecule has 6 nitrogen and oxygen atoms in total. The van der Waals surface area contributed by atoms with Crippen LogP contribution in [0.2, 0.25) is 0 Å². The third kappa shape index (κ3) is 2.89. The van der Waals surface area contributed by atoms with Gasteiger partial charge in [-0.2, -0.15) is 4.68 Å². The first-order valence-corrected chi connectivity index (χ1v) is 6.01. The van der Waals surface area contributed by atoms with Crippen molar-refractivity contribution in [3.8, 4) is 5.82 Å². The minimum Gasteiger partial charge on any atom is -0.309 e. The maximum atomic E-state index is 4.52. The molecule has 0 aliphatic rings. The topological polar surface area (TPSA) is 68.5 Å². The van der Waals surface area contributed by atoms with E-state index in [1.807, 2.05) is 13.8 Å². The smallest absolute Gasteiger partial charge is 0.174 e. The predicted molar refractivity (Wildman–Crippen MR) is 68.4 cm³/mol. The van der Waals surface area contributed by atoms with Crippen molar-refractivity contribution in [1.82, 2.24) is 30.0 Å². The van der Waals surface area contributed by atoms with Crippen LogP contribution in [0, 0.1) is 13.8 Å². The van der Waals surface area contributed by atoms with Crippen molar-refractivity contribution in [1.29, 1.82) is 0 Å². The first-order valence-electron chi connectivity index (χ1n) is 6.01. The van der Waals surface area contributed by atoms with Gasteiger partial charge in [0.05, 0.1) is 11.9 Å². The normalized spacial score (nSPS) is 11.2. The molecule has 96 valence electrons. The quantitative estimate of drug-likeness (QED) is 0.877. The summed E-state index contributed by atoms with van der Waals surface area (Å²) in [6.07, 6.45) is 3.46. The fourth-order valence-electron chi connectivity index (χ4n) is 1.63. The molecular weight excluding hydrogens is 228 g/mol. The number of aryl methyl sites for hydroxylation is 2. The van der Waals surface area contributed by atoms with Crippen LogP contribution < -0.4 is 5.32 Å². The van der Waals surface area contributed by atoms with Crippen molar-refractivity contribution in [3.05, 3.63) is 29.7 Å². The highest BCUT2D eigenvalue weighted by atomic mass is 15.4. The summed E-state index contributed by atoms with van der Waals surface area (Å²) >= 11 is 0. The molecule has 0 atom stereocenters. The number of hydrogen-bond donors (Lipinski definition) is 1. The Balaban J connectivity index is 2.24. The minimum atomic E-state index is 0.422. The molecule has 0 spiro atoms. The average Bonchev–Trinajstić information content (AvgIpc) is 2.66. The minimum absolute atomic E-state index is 0.422. The molecule has 2 rings (SSSR count). The summed E-state index contributed by atoms with van der Waals surface area (Å²) in [5.74, 6) is 2.26. The summed E-state index contributed by atoms with van der Waals surface area (Å²) in [6.45, 7) is 8.66. The van der Waals surface area contributed by atoms with Gasteiger partial charge in [0.25, 0.3) is 0 Å². The monoisotopic (exact) mass is 246 g/mol. The summed E-state index contributed by atoms with van der Waals surface area (Å²) in [5, 5.41) is 7.61. The van der Waals surface area contributed by atoms with E-state index in [-0.39, 0.29) is 0 Å². The fraction of sp³-hybridized carbons (Fsp3) is 0.500. The van der Waals surface area contributed by atoms with Gasteiger partial charge in [-0.3, -0.25) is 4.98 Å². The largest absolute Gasteiger partial charge is 0.309 e. The molecule has 0 amide bonds. The van der Waals surface area contributed by atoms with E-state index in [0.717, 1.165) is 17.3 Å². The van der Waals surface area contributed by atoms with Crippen LogP contribution >= 0.6 is 0 Å². The number of nitrogens with one attached hydrogen (secondary N) is 1. The molecule has 0 aliphatic heterocycles. The lowest BCUT2D eigenvalue weighted by molar-refractivity contribution is 0.578. The molecule has 2 aromatic rings. The van der Waals surface area contributed by atoms with Crippen molar-refractivity contribution in [3.63, 3.8) is 0 Å². The van der Waals surface area contributed by atoms with Gasteiger partial charge in [-0.1, -0.05) is 13.8 Å². The lowest BCUT2D eigenvalue weighted by Crippen LogP contribution is -2.22. The second kappa shape index (κ2) is 5.22. The Hall–Kier alpha value is -1.82. The summed E-state index contributed by atoms with van der Waals surface area (Å²) in [6, 6.07) is 0.422. The molecule has 0 radical (unpaired) electrons. The number of hydrogen-bond acceptors (Lipinski definition) is 5. The van der Waals surface area contributed by atoms with Crippen molar-refractivity contribution in [2.24, 2.45) is 0 Å². The number of rotatable bonds is 4. The van der Waals surface area contributed by atoms with Crippen molar-refractivity contribution >= 4 is 0 Å². The molecule has 0 saturated carbocycles. The molecule has 0 fully saturated rings. The van der Waals surface area contributed by atoms with Gasteiger partial charge in [-0.05, 0) is 13.8 Å². The van der Waals surface area contributed by atoms with Crippen molar-refractivity contribution in [2.75, 3.05) is 0 Å². The highest BCUT2D eigenvalue weighted by Gasteiger charge is 2.07. The fourth-order valence-corrected chi connectivity index (χ4v) is 1.63. The van der Waals surface area contributed by atoms with E-state index in [0.29, 0.717) is 18.4 Å². The van der Waals surface area contributed by atoms with Gasteiger partial charge >= 0.3 is 0 Å². The van der Waals surface area contributed by atoms with Crippen molar-refractivity contribution in [2.45, 2.75) is 40.3 Å². The van der Waals surface area contributed by atoms with Crippen LogP contribution in [-0.2, 0) is 6.54 Å². The van der Waals surface area contributed by atoms with Crippen LogP contribution in [-0.4, -0.2) is 30.8 Å². The van der Waals surface area contributed by atoms with Crippen LogP contribution in [0.1, 0.15) is 31.2 Å². The molecule has 0 aliphatic carbocycles. The lowest BCUT2D eigenvalue weighted by Gasteiger charge is -2.08. The Kier molecular flexibility index (Phi) is 3.66. The Morgan fingerprint density at radius 2 is 2.00 bits per heavy atom. The second-order valence-corrected chi connectivity index (χ2v) is 4.52. The molecule has 6 heteroatoms. The molecule has 2 heterocycles. The standard InChI is InChI=1S/C12H18N6/c1-8(2)14-6-11-5-13-7-12(16-11)18-10(4)15-9(3)17-18/h5,7-8,14H,6H2,1-4H3. The van der Waals surface area contributed by atoms with Gasteiger partial charge in [0.2, 0.25) is 0 Å². The van der Waals surface area contributed by atoms with Crippen molar-refractivity contribution < 1.29 is 0 Å². The van der Waals surface area contributed by atoms with E-state index < -0.39 is 0 Å². The molecule has 1 N–H and O–H groups in total. The van der Waals surface area contributed by atoms with Gasteiger partial charge in [0, 0.05) is 18.8 Å². The first-order chi connectivity index (χ1) is 8.56. The summed E-state index contributed by atoms with van der Waals surface area (Å²) in [4.78, 5) is 13.0. The highest BCUT2D eigenvalue weighted by Crippen LogP contribution is 2.06. The van der Waals surface area contributed by atoms with Gasteiger partial charge in [-0.25, -0.2) is 9.97 Å². The lowest BCUT2D eigenvalue weighted by atomic mass is 10.3. The van der Waals surface area contributed by atoms with E-state index >= 15 is 0 Å². The molecule has 0 aromatic carbocycles. The Bertz CT molecular complexity index is 531. The zero-order valence-corrected chi connectivity index (χ0v) is 11.2. The van der Waals surface area contributed by atoms with Gasteiger partial charge in [-0.15, -0.1) is 5.10 Å². The number of aromatic nitrogens is 5. The zero-order chi connectivity index (χ0) is 13.1. The predicted octanol–water partition coefficient (Wildman–Crippen LogP) is 1.17. The van der Waals surface area contributed by atoms with Crippen LogP contribution in [0.15, 0.2) is 12.4 Å². The van der Waals surface area contributed by atoms with E-state index in [4.69, 9.17) is 0 Å². The Morgan fingerprint density at radius 1 is 1.22 bits per heavy atom. The molecular formula is C12H18N6. The molecule has 0 unspecified atom stereocenters. The van der Waals surface area contributed by atoms with Crippen LogP contribution in [0.5, 0.6) is 0 Å². The van der Waals surface area contributed by atoms with Crippen LogP contribution in [0.25, 0.3) is 5.82 Å². The summed E-state index contributed by atoms with van der Waals surface area (Å²) < 4.78 is 1.71. The molecule has 0 saturated heterocycles. The van der Waals surface area contributed by atoms with Gasteiger partial charge < -0.3 is 5.32 Å². The Morgan fingerprint density at radius 3 is 2.61 bits per heavy atom. The van der Waals surface area contributed by atoms with E-state index in [1.54, 1.807) is 17.1 Å². The SMILES string of the molecule is Cc1nc(C)n(-c2cncc(CNC(C)C)n2)n1. The van der Waals surface area contributed by atoms with Gasteiger partial charge in [0.15, 0.2) is 5.82 Å². The first kappa shape index (κ1) is 12.6. The third-order valence-electron chi connectivity index (χ3n) is 2.46. The molecule has 2 aromatic heterocycles. The third-order valence-corrected chi connectivity index (χ3v) is 2.46. The molecule has 18 heavy (non-hydrogen) atoms. The van der Waals surface area contributed by atoms with E-state index in [9.17, 15) is 0 Å². The maximum absolute atomic E-state index is 4.52.